The van der Waals surface area contributed by atoms with Crippen LogP contribution in [0.4, 0.5) is 14.5 Å². The highest BCUT2D eigenvalue weighted by Crippen LogP contribution is 2.34. The van der Waals surface area contributed by atoms with Crippen LogP contribution in [0.25, 0.3) is 0 Å². The first-order valence-electron chi connectivity index (χ1n) is 3.55. The highest BCUT2D eigenvalue weighted by atomic mass is 35.5. The van der Waals surface area contributed by atoms with E-state index >= 15 is 0 Å². The molecule has 8 heteroatoms. The second-order valence-corrected chi connectivity index (χ2v) is 2.81. The molecule has 0 fully saturated rings. The first-order chi connectivity index (χ1) is 6.99. The number of nitro groups is 1. The van der Waals surface area contributed by atoms with Crippen molar-refractivity contribution in [2.24, 2.45) is 0 Å². The van der Waals surface area contributed by atoms with Crippen LogP contribution in [0.15, 0.2) is 6.20 Å². The Morgan fingerprint density at radius 2 is 2.20 bits per heavy atom. The number of aromatic nitrogens is 1. The van der Waals surface area contributed by atoms with Crippen molar-refractivity contribution in [2.45, 2.75) is 6.43 Å². The monoisotopic (exact) mass is 236 g/mol. The van der Waals surface area contributed by atoms with E-state index < -0.39 is 33.3 Å². The van der Waals surface area contributed by atoms with Gasteiger partial charge in [0.2, 0.25) is 0 Å². The summed E-state index contributed by atoms with van der Waals surface area (Å²) in [6.45, 7) is 0. The molecule has 0 bridgehead atoms. The van der Waals surface area contributed by atoms with E-state index in [4.69, 9.17) is 11.6 Å². The van der Waals surface area contributed by atoms with Crippen LogP contribution in [0.5, 0.6) is 0 Å². The molecule has 0 saturated heterocycles. The van der Waals surface area contributed by atoms with Gasteiger partial charge in [0.1, 0.15) is 5.02 Å². The van der Waals surface area contributed by atoms with E-state index in [1.807, 2.05) is 0 Å². The number of carbonyl (C=O) groups is 1. The van der Waals surface area contributed by atoms with E-state index in [0.29, 0.717) is 6.20 Å². The first kappa shape index (κ1) is 11.4. The van der Waals surface area contributed by atoms with E-state index in [0.717, 1.165) is 0 Å². The highest BCUT2D eigenvalue weighted by Gasteiger charge is 2.26. The van der Waals surface area contributed by atoms with Crippen LogP contribution in [0, 0.1) is 10.1 Å². The van der Waals surface area contributed by atoms with Crippen LogP contribution in [0.3, 0.4) is 0 Å². The number of rotatable bonds is 3. The zero-order valence-corrected chi connectivity index (χ0v) is 7.74. The largest absolute Gasteiger partial charge is 0.317 e. The molecule has 0 aliphatic heterocycles. The summed E-state index contributed by atoms with van der Waals surface area (Å²) < 4.78 is 24.5. The Balaban J connectivity index is 3.49. The fourth-order valence-electron chi connectivity index (χ4n) is 0.918. The van der Waals surface area contributed by atoms with Gasteiger partial charge in [-0.2, -0.15) is 0 Å². The molecule has 0 aliphatic rings. The molecule has 0 aromatic carbocycles. The Labute approximate surface area is 86.8 Å². The lowest BCUT2D eigenvalue weighted by Crippen LogP contribution is -2.01. The van der Waals surface area contributed by atoms with Gasteiger partial charge in [-0.15, -0.1) is 0 Å². The van der Waals surface area contributed by atoms with Gasteiger partial charge in [-0.25, -0.2) is 13.8 Å². The van der Waals surface area contributed by atoms with Gasteiger partial charge in [-0.3, -0.25) is 14.9 Å². The van der Waals surface area contributed by atoms with Gasteiger partial charge in [0.05, 0.1) is 10.5 Å². The molecule has 80 valence electrons. The van der Waals surface area contributed by atoms with Crippen LogP contribution in [0.1, 0.15) is 22.5 Å². The van der Waals surface area contributed by atoms with Crippen molar-refractivity contribution < 1.29 is 18.5 Å². The predicted octanol–water partition coefficient (Wildman–Crippen LogP) is 2.39. The SMILES string of the molecule is O=Cc1ncc(C(F)F)c(Cl)c1[N+](=O)[O-]. The van der Waals surface area contributed by atoms with E-state index in [-0.39, 0.29) is 6.29 Å². The molecular formula is C7H3ClF2N2O3. The molecule has 0 amide bonds. The Kier molecular flexibility index (Phi) is 3.25. The molecule has 1 aromatic rings. The van der Waals surface area contributed by atoms with Gasteiger partial charge in [0.15, 0.2) is 12.0 Å². The maximum absolute atomic E-state index is 12.3. The van der Waals surface area contributed by atoms with Gasteiger partial charge in [-0.05, 0) is 0 Å². The second kappa shape index (κ2) is 4.26. The van der Waals surface area contributed by atoms with Gasteiger partial charge in [0.25, 0.3) is 6.43 Å². The average Bonchev–Trinajstić information content (AvgIpc) is 2.15. The Morgan fingerprint density at radius 3 is 2.60 bits per heavy atom. The topological polar surface area (TPSA) is 73.1 Å². The quantitative estimate of drug-likeness (QED) is 0.459. The molecule has 0 atom stereocenters. The minimum atomic E-state index is -2.98. The summed E-state index contributed by atoms with van der Waals surface area (Å²) in [4.78, 5) is 23.0. The molecule has 5 nitrogen and oxygen atoms in total. The van der Waals surface area contributed by atoms with Crippen molar-refractivity contribution >= 4 is 23.6 Å². The fraction of sp³-hybridized carbons (Fsp3) is 0.143. The third-order valence-electron chi connectivity index (χ3n) is 1.58. The lowest BCUT2D eigenvalue weighted by Gasteiger charge is -2.03. The van der Waals surface area contributed by atoms with Crippen molar-refractivity contribution in [2.75, 3.05) is 0 Å². The van der Waals surface area contributed by atoms with Gasteiger partial charge < -0.3 is 0 Å². The first-order valence-corrected chi connectivity index (χ1v) is 3.93. The predicted molar refractivity (Wildman–Crippen MR) is 46.2 cm³/mol. The van der Waals surface area contributed by atoms with E-state index in [2.05, 4.69) is 4.98 Å². The number of halogens is 3. The minimum Gasteiger partial charge on any atom is -0.296 e. The molecule has 0 radical (unpaired) electrons. The number of aldehydes is 1. The molecule has 0 aliphatic carbocycles. The number of carbonyl (C=O) groups excluding carboxylic acids is 1. The van der Waals surface area contributed by atoms with Crippen LogP contribution >= 0.6 is 11.6 Å². The van der Waals surface area contributed by atoms with Crippen LogP contribution in [-0.2, 0) is 0 Å². The van der Waals surface area contributed by atoms with Crippen molar-refractivity contribution in [1.29, 1.82) is 0 Å². The number of nitrogens with zero attached hydrogens (tertiary/aromatic N) is 2. The van der Waals surface area contributed by atoms with Crippen molar-refractivity contribution in [1.82, 2.24) is 4.98 Å². The highest BCUT2D eigenvalue weighted by molar-refractivity contribution is 6.33. The zero-order valence-electron chi connectivity index (χ0n) is 6.99. The Hall–Kier alpha value is -1.63. The lowest BCUT2D eigenvalue weighted by atomic mass is 10.2. The number of hydrogen-bond acceptors (Lipinski definition) is 4. The summed E-state index contributed by atoms with van der Waals surface area (Å²) in [7, 11) is 0. The van der Waals surface area contributed by atoms with Crippen LogP contribution in [0.2, 0.25) is 5.02 Å². The molecule has 0 spiro atoms. The Morgan fingerprint density at radius 1 is 1.60 bits per heavy atom. The summed E-state index contributed by atoms with van der Waals surface area (Å²) in [6, 6.07) is 0. The lowest BCUT2D eigenvalue weighted by molar-refractivity contribution is -0.385. The second-order valence-electron chi connectivity index (χ2n) is 2.44. The summed E-state index contributed by atoms with van der Waals surface area (Å²) in [5, 5.41) is 9.70. The number of pyridine rings is 1. The smallest absolute Gasteiger partial charge is 0.296 e. The average molecular weight is 237 g/mol. The fourth-order valence-corrected chi connectivity index (χ4v) is 1.22. The zero-order chi connectivity index (χ0) is 11.6. The summed E-state index contributed by atoms with van der Waals surface area (Å²) >= 11 is 5.36. The minimum absolute atomic E-state index is 0.0826. The van der Waals surface area contributed by atoms with Gasteiger partial charge in [0, 0.05) is 6.20 Å². The van der Waals surface area contributed by atoms with Crippen molar-refractivity contribution in [3.8, 4) is 0 Å². The molecule has 1 aromatic heterocycles. The maximum Gasteiger partial charge on any atom is 0.317 e. The molecule has 0 saturated carbocycles. The molecule has 1 heterocycles. The van der Waals surface area contributed by atoms with Crippen LogP contribution in [-0.4, -0.2) is 16.2 Å². The summed E-state index contributed by atoms with van der Waals surface area (Å²) in [5.41, 5.74) is -2.24. The van der Waals surface area contributed by atoms with Gasteiger partial charge in [-0.1, -0.05) is 11.6 Å². The van der Waals surface area contributed by atoms with E-state index in [9.17, 15) is 23.7 Å². The maximum atomic E-state index is 12.3. The summed E-state index contributed by atoms with van der Waals surface area (Å²) in [5.74, 6) is 0. The summed E-state index contributed by atoms with van der Waals surface area (Å²) in [6.07, 6.45) is -2.26. The molecule has 0 unspecified atom stereocenters. The van der Waals surface area contributed by atoms with Crippen molar-refractivity contribution in [3.05, 3.63) is 32.6 Å². The standard InChI is InChI=1S/C7H3ClF2N2O3/c8-5-3(7(9)10)1-11-4(2-13)6(5)12(14)15/h1-2,7H. The third-order valence-corrected chi connectivity index (χ3v) is 1.97. The van der Waals surface area contributed by atoms with Gasteiger partial charge >= 0.3 is 5.69 Å². The van der Waals surface area contributed by atoms with E-state index in [1.165, 1.54) is 0 Å². The number of hydrogen-bond donors (Lipinski definition) is 0. The van der Waals surface area contributed by atoms with Crippen LogP contribution < -0.4 is 0 Å². The Bertz CT molecular complexity index is 425. The normalized spacial score (nSPS) is 10.4. The molecule has 15 heavy (non-hydrogen) atoms. The molecule has 0 N–H and O–H groups in total. The molecule has 1 rings (SSSR count). The number of alkyl halides is 2. The van der Waals surface area contributed by atoms with E-state index in [1.54, 1.807) is 0 Å². The third kappa shape index (κ3) is 2.07. The molecular weight excluding hydrogens is 234 g/mol. The van der Waals surface area contributed by atoms with Crippen molar-refractivity contribution in [3.63, 3.8) is 0 Å².